The van der Waals surface area contributed by atoms with Crippen LogP contribution in [-0.4, -0.2) is 50.8 Å². The summed E-state index contributed by atoms with van der Waals surface area (Å²) in [5.74, 6) is 0. The third-order valence-corrected chi connectivity index (χ3v) is 2.71. The molecule has 0 radical (unpaired) electrons. The molecule has 1 aliphatic rings. The molecule has 1 fully saturated rings. The summed E-state index contributed by atoms with van der Waals surface area (Å²) in [5, 5.41) is 0. The molecule has 18 heavy (non-hydrogen) atoms. The minimum Gasteiger partial charge on any atom is -0.381 e. The molecular formula is C14H28O4. The zero-order valence-electron chi connectivity index (χ0n) is 12.2. The Morgan fingerprint density at radius 1 is 1.17 bits per heavy atom. The van der Waals surface area contributed by atoms with Crippen molar-refractivity contribution in [3.05, 3.63) is 0 Å². The van der Waals surface area contributed by atoms with Gasteiger partial charge in [-0.25, -0.2) is 0 Å². The maximum Gasteiger partial charge on any atom is 0.0784 e. The van der Waals surface area contributed by atoms with Gasteiger partial charge in [0.15, 0.2) is 0 Å². The van der Waals surface area contributed by atoms with Crippen LogP contribution in [0.3, 0.4) is 0 Å². The van der Waals surface area contributed by atoms with E-state index in [4.69, 9.17) is 18.9 Å². The van der Waals surface area contributed by atoms with E-state index >= 15 is 0 Å². The van der Waals surface area contributed by atoms with Gasteiger partial charge in [-0.05, 0) is 40.5 Å². The van der Waals surface area contributed by atoms with Crippen LogP contribution < -0.4 is 0 Å². The van der Waals surface area contributed by atoms with Crippen LogP contribution in [0.2, 0.25) is 0 Å². The molecule has 0 saturated carbocycles. The minimum atomic E-state index is -0.0897. The quantitative estimate of drug-likeness (QED) is 0.659. The Hall–Kier alpha value is -0.160. The van der Waals surface area contributed by atoms with Gasteiger partial charge in [-0.15, -0.1) is 0 Å². The molecule has 1 unspecified atom stereocenters. The van der Waals surface area contributed by atoms with E-state index in [-0.39, 0.29) is 11.7 Å². The lowest BCUT2D eigenvalue weighted by Crippen LogP contribution is -2.29. The first-order chi connectivity index (χ1) is 8.47. The van der Waals surface area contributed by atoms with E-state index < -0.39 is 0 Å². The van der Waals surface area contributed by atoms with Gasteiger partial charge in [0, 0.05) is 13.2 Å². The molecule has 0 N–H and O–H groups in total. The Labute approximate surface area is 111 Å². The molecular weight excluding hydrogens is 232 g/mol. The first-order valence-corrected chi connectivity index (χ1v) is 6.92. The standard InChI is InChI=1S/C14H28O4/c1-12(18-13-5-7-15-8-6-13)11-16-9-10-17-14(2,3)4/h12-13H,5-11H2,1-4H3. The number of ether oxygens (including phenoxy) is 4. The Balaban J connectivity index is 1.97. The van der Waals surface area contributed by atoms with Crippen molar-refractivity contribution in [3.63, 3.8) is 0 Å². The molecule has 0 spiro atoms. The average Bonchev–Trinajstić information content (AvgIpc) is 2.28. The van der Waals surface area contributed by atoms with Crippen LogP contribution in [0.1, 0.15) is 40.5 Å². The third-order valence-electron chi connectivity index (χ3n) is 2.71. The molecule has 4 nitrogen and oxygen atoms in total. The lowest BCUT2D eigenvalue weighted by molar-refractivity contribution is -0.0954. The Morgan fingerprint density at radius 3 is 2.44 bits per heavy atom. The van der Waals surface area contributed by atoms with Crippen molar-refractivity contribution >= 4 is 0 Å². The van der Waals surface area contributed by atoms with Crippen LogP contribution >= 0.6 is 0 Å². The van der Waals surface area contributed by atoms with Gasteiger partial charge in [0.2, 0.25) is 0 Å². The van der Waals surface area contributed by atoms with Crippen molar-refractivity contribution in [2.45, 2.75) is 58.3 Å². The Bertz CT molecular complexity index is 206. The largest absolute Gasteiger partial charge is 0.381 e. The van der Waals surface area contributed by atoms with Gasteiger partial charge in [0.25, 0.3) is 0 Å². The summed E-state index contributed by atoms with van der Waals surface area (Å²) in [6.45, 7) is 11.7. The maximum absolute atomic E-state index is 5.89. The highest BCUT2D eigenvalue weighted by Gasteiger charge is 2.17. The second-order valence-corrected chi connectivity index (χ2v) is 5.79. The highest BCUT2D eigenvalue weighted by molar-refractivity contribution is 4.64. The molecule has 1 rings (SSSR count). The monoisotopic (exact) mass is 260 g/mol. The number of hydrogen-bond acceptors (Lipinski definition) is 4. The van der Waals surface area contributed by atoms with Crippen molar-refractivity contribution in [3.8, 4) is 0 Å². The second kappa shape index (κ2) is 8.10. The van der Waals surface area contributed by atoms with Crippen LogP contribution in [0.25, 0.3) is 0 Å². The summed E-state index contributed by atoms with van der Waals surface area (Å²) in [5.41, 5.74) is -0.0897. The molecule has 0 aliphatic carbocycles. The van der Waals surface area contributed by atoms with Crippen molar-refractivity contribution in [1.29, 1.82) is 0 Å². The molecule has 1 aliphatic heterocycles. The summed E-state index contributed by atoms with van der Waals surface area (Å²) in [6.07, 6.45) is 2.47. The summed E-state index contributed by atoms with van der Waals surface area (Å²) in [7, 11) is 0. The lowest BCUT2D eigenvalue weighted by atomic mass is 10.1. The topological polar surface area (TPSA) is 36.9 Å². The van der Waals surface area contributed by atoms with Gasteiger partial charge in [0.1, 0.15) is 0 Å². The molecule has 0 aromatic carbocycles. The minimum absolute atomic E-state index is 0.0897. The SMILES string of the molecule is CC(COCCOC(C)(C)C)OC1CCOCC1. The van der Waals surface area contributed by atoms with E-state index in [2.05, 4.69) is 6.92 Å². The molecule has 108 valence electrons. The van der Waals surface area contributed by atoms with E-state index in [0.29, 0.717) is 25.9 Å². The molecule has 0 amide bonds. The summed E-state index contributed by atoms with van der Waals surface area (Å²) < 4.78 is 22.3. The number of hydrogen-bond donors (Lipinski definition) is 0. The fourth-order valence-corrected chi connectivity index (χ4v) is 1.84. The van der Waals surface area contributed by atoms with Gasteiger partial charge in [0.05, 0.1) is 37.6 Å². The Morgan fingerprint density at radius 2 is 1.83 bits per heavy atom. The Kier molecular flexibility index (Phi) is 7.15. The van der Waals surface area contributed by atoms with Gasteiger partial charge in [-0.1, -0.05) is 0 Å². The molecule has 4 heteroatoms. The molecule has 1 atom stereocenters. The van der Waals surface area contributed by atoms with Crippen molar-refractivity contribution in [2.24, 2.45) is 0 Å². The normalized spacial score (nSPS) is 20.0. The van der Waals surface area contributed by atoms with Gasteiger partial charge in [-0.2, -0.15) is 0 Å². The van der Waals surface area contributed by atoms with Crippen LogP contribution in [0, 0.1) is 0 Å². The van der Waals surface area contributed by atoms with Gasteiger partial charge < -0.3 is 18.9 Å². The first-order valence-electron chi connectivity index (χ1n) is 6.92. The summed E-state index contributed by atoms with van der Waals surface area (Å²) in [4.78, 5) is 0. The van der Waals surface area contributed by atoms with E-state index in [1.54, 1.807) is 0 Å². The van der Waals surface area contributed by atoms with Crippen LogP contribution in [0.4, 0.5) is 0 Å². The summed E-state index contributed by atoms with van der Waals surface area (Å²) >= 11 is 0. The highest BCUT2D eigenvalue weighted by Crippen LogP contribution is 2.13. The first kappa shape index (κ1) is 15.9. The van der Waals surface area contributed by atoms with Gasteiger partial charge >= 0.3 is 0 Å². The fraction of sp³-hybridized carbons (Fsp3) is 1.00. The molecule has 1 heterocycles. The zero-order valence-corrected chi connectivity index (χ0v) is 12.2. The average molecular weight is 260 g/mol. The smallest absolute Gasteiger partial charge is 0.0784 e. The predicted octanol–water partition coefficient (Wildman–Crippen LogP) is 2.40. The second-order valence-electron chi connectivity index (χ2n) is 5.79. The zero-order chi connectivity index (χ0) is 13.4. The van der Waals surface area contributed by atoms with E-state index in [0.717, 1.165) is 26.1 Å². The maximum atomic E-state index is 5.89. The van der Waals surface area contributed by atoms with E-state index in [9.17, 15) is 0 Å². The summed E-state index contributed by atoms with van der Waals surface area (Å²) in [6, 6.07) is 0. The van der Waals surface area contributed by atoms with Crippen molar-refractivity contribution < 1.29 is 18.9 Å². The van der Waals surface area contributed by atoms with Crippen molar-refractivity contribution in [1.82, 2.24) is 0 Å². The highest BCUT2D eigenvalue weighted by atomic mass is 16.6. The molecule has 0 aromatic rings. The fourth-order valence-electron chi connectivity index (χ4n) is 1.84. The van der Waals surface area contributed by atoms with E-state index in [1.165, 1.54) is 0 Å². The van der Waals surface area contributed by atoms with Crippen LogP contribution in [0.5, 0.6) is 0 Å². The number of rotatable bonds is 7. The predicted molar refractivity (Wildman–Crippen MR) is 70.9 cm³/mol. The van der Waals surface area contributed by atoms with E-state index in [1.807, 2.05) is 20.8 Å². The van der Waals surface area contributed by atoms with Gasteiger partial charge in [-0.3, -0.25) is 0 Å². The van der Waals surface area contributed by atoms with Crippen molar-refractivity contribution in [2.75, 3.05) is 33.0 Å². The molecule has 0 bridgehead atoms. The van der Waals surface area contributed by atoms with Crippen LogP contribution in [0.15, 0.2) is 0 Å². The third kappa shape index (κ3) is 8.03. The molecule has 0 aromatic heterocycles. The van der Waals surface area contributed by atoms with Crippen LogP contribution in [-0.2, 0) is 18.9 Å². The lowest BCUT2D eigenvalue weighted by Gasteiger charge is -2.26. The molecule has 1 saturated heterocycles.